The maximum atomic E-state index is 11.1. The summed E-state index contributed by atoms with van der Waals surface area (Å²) in [6.07, 6.45) is 0.892. The molecule has 0 aromatic rings. The van der Waals surface area contributed by atoms with Gasteiger partial charge in [-0.15, -0.1) is 0 Å². The zero-order valence-electron chi connectivity index (χ0n) is 10.5. The number of nitriles is 1. The molecule has 0 atom stereocenters. The number of piperazine rings is 1. The fraction of sp³-hybridized carbons (Fsp3) is 0.833. The van der Waals surface area contributed by atoms with Crippen molar-refractivity contribution in [2.75, 3.05) is 32.7 Å². The van der Waals surface area contributed by atoms with E-state index in [4.69, 9.17) is 5.26 Å². The predicted molar refractivity (Wildman–Crippen MR) is 62.7 cm³/mol. The Morgan fingerprint density at radius 1 is 1.31 bits per heavy atom. The smallest absolute Gasteiger partial charge is 0.219 e. The van der Waals surface area contributed by atoms with Crippen molar-refractivity contribution in [3.8, 4) is 6.07 Å². The van der Waals surface area contributed by atoms with Gasteiger partial charge in [0.15, 0.2) is 0 Å². The van der Waals surface area contributed by atoms with E-state index >= 15 is 0 Å². The van der Waals surface area contributed by atoms with Gasteiger partial charge in [-0.05, 0) is 26.8 Å². The number of nitrogens with zero attached hydrogens (tertiary/aromatic N) is 3. The number of carbonyl (C=O) groups excluding carboxylic acids is 1. The van der Waals surface area contributed by atoms with Crippen LogP contribution in [0.2, 0.25) is 0 Å². The fourth-order valence-corrected chi connectivity index (χ4v) is 1.78. The number of hydrogen-bond donors (Lipinski definition) is 0. The molecule has 4 heteroatoms. The molecule has 1 aliphatic rings. The van der Waals surface area contributed by atoms with Gasteiger partial charge in [0.05, 0.1) is 11.5 Å². The zero-order chi connectivity index (χ0) is 12.2. The zero-order valence-corrected chi connectivity index (χ0v) is 10.5. The van der Waals surface area contributed by atoms with Crippen LogP contribution in [-0.2, 0) is 4.79 Å². The molecule has 0 aromatic heterocycles. The largest absolute Gasteiger partial charge is 0.340 e. The molecule has 1 saturated heterocycles. The lowest BCUT2D eigenvalue weighted by molar-refractivity contribution is -0.130. The van der Waals surface area contributed by atoms with E-state index < -0.39 is 0 Å². The molecule has 0 bridgehead atoms. The third-order valence-electron chi connectivity index (χ3n) is 3.17. The van der Waals surface area contributed by atoms with Crippen molar-refractivity contribution in [3.05, 3.63) is 0 Å². The maximum Gasteiger partial charge on any atom is 0.219 e. The topological polar surface area (TPSA) is 47.3 Å². The Bertz CT molecular complexity index is 285. The lowest BCUT2D eigenvalue weighted by atomic mass is 9.91. The third-order valence-corrected chi connectivity index (χ3v) is 3.17. The summed E-state index contributed by atoms with van der Waals surface area (Å²) in [5, 5.41) is 8.92. The molecular formula is C12H21N3O. The van der Waals surface area contributed by atoms with E-state index in [2.05, 4.69) is 11.0 Å². The monoisotopic (exact) mass is 223 g/mol. The van der Waals surface area contributed by atoms with Gasteiger partial charge in [-0.2, -0.15) is 5.26 Å². The van der Waals surface area contributed by atoms with Crippen LogP contribution in [0.4, 0.5) is 0 Å². The first-order valence-corrected chi connectivity index (χ1v) is 5.84. The third kappa shape index (κ3) is 3.82. The van der Waals surface area contributed by atoms with Crippen LogP contribution in [0.5, 0.6) is 0 Å². The highest BCUT2D eigenvalue weighted by Gasteiger charge is 2.22. The molecule has 1 aliphatic heterocycles. The van der Waals surface area contributed by atoms with E-state index in [9.17, 15) is 4.79 Å². The minimum absolute atomic E-state index is 0.164. The van der Waals surface area contributed by atoms with Crippen LogP contribution in [0.15, 0.2) is 0 Å². The molecule has 0 N–H and O–H groups in total. The van der Waals surface area contributed by atoms with E-state index in [1.807, 2.05) is 18.7 Å². The molecule has 1 amide bonds. The molecular weight excluding hydrogens is 202 g/mol. The van der Waals surface area contributed by atoms with E-state index in [0.717, 1.165) is 39.1 Å². The normalized spacial score (nSPS) is 18.2. The number of rotatable bonds is 3. The first-order valence-electron chi connectivity index (χ1n) is 5.84. The van der Waals surface area contributed by atoms with Gasteiger partial charge in [-0.25, -0.2) is 0 Å². The van der Waals surface area contributed by atoms with Gasteiger partial charge in [-0.1, -0.05) is 0 Å². The molecule has 1 fully saturated rings. The van der Waals surface area contributed by atoms with E-state index in [0.29, 0.717) is 0 Å². The second-order valence-electron chi connectivity index (χ2n) is 5.09. The van der Waals surface area contributed by atoms with Crippen LogP contribution in [0.25, 0.3) is 0 Å². The van der Waals surface area contributed by atoms with Gasteiger partial charge in [0.2, 0.25) is 5.91 Å². The standard InChI is InChI=1S/C12H21N3O/c1-11(16)15-8-6-14(7-9-15)5-4-12(2,3)10-13/h4-9H2,1-3H3. The average molecular weight is 223 g/mol. The molecule has 16 heavy (non-hydrogen) atoms. The Morgan fingerprint density at radius 3 is 2.31 bits per heavy atom. The summed E-state index contributed by atoms with van der Waals surface area (Å²) < 4.78 is 0. The quantitative estimate of drug-likeness (QED) is 0.719. The van der Waals surface area contributed by atoms with Crippen LogP contribution < -0.4 is 0 Å². The minimum atomic E-state index is -0.238. The molecule has 1 heterocycles. The molecule has 0 aliphatic carbocycles. The molecule has 4 nitrogen and oxygen atoms in total. The van der Waals surface area contributed by atoms with Crippen LogP contribution in [0, 0.1) is 16.7 Å². The molecule has 0 spiro atoms. The van der Waals surface area contributed by atoms with E-state index in [1.165, 1.54) is 0 Å². The Kier molecular flexibility index (Phi) is 4.31. The molecule has 0 radical (unpaired) electrons. The number of hydrogen-bond acceptors (Lipinski definition) is 3. The van der Waals surface area contributed by atoms with Crippen LogP contribution in [0.3, 0.4) is 0 Å². The summed E-state index contributed by atoms with van der Waals surface area (Å²) in [5.41, 5.74) is -0.238. The predicted octanol–water partition coefficient (Wildman–Crippen LogP) is 1.09. The van der Waals surface area contributed by atoms with E-state index in [1.54, 1.807) is 6.92 Å². The summed E-state index contributed by atoms with van der Waals surface area (Å²) in [6, 6.07) is 2.32. The maximum absolute atomic E-state index is 11.1. The molecule has 0 saturated carbocycles. The molecule has 1 rings (SSSR count). The molecule has 0 unspecified atom stereocenters. The second-order valence-corrected chi connectivity index (χ2v) is 5.09. The van der Waals surface area contributed by atoms with Crippen molar-refractivity contribution in [2.24, 2.45) is 5.41 Å². The molecule has 90 valence electrons. The van der Waals surface area contributed by atoms with Crippen molar-refractivity contribution < 1.29 is 4.79 Å². The van der Waals surface area contributed by atoms with Gasteiger partial charge >= 0.3 is 0 Å². The summed E-state index contributed by atoms with van der Waals surface area (Å²) in [5.74, 6) is 0.164. The van der Waals surface area contributed by atoms with Crippen molar-refractivity contribution >= 4 is 5.91 Å². The lowest BCUT2D eigenvalue weighted by Crippen LogP contribution is -2.48. The summed E-state index contributed by atoms with van der Waals surface area (Å²) in [6.45, 7) is 10.0. The Balaban J connectivity index is 2.28. The number of amides is 1. The lowest BCUT2D eigenvalue weighted by Gasteiger charge is -2.35. The van der Waals surface area contributed by atoms with Crippen molar-refractivity contribution in [1.29, 1.82) is 5.26 Å². The summed E-state index contributed by atoms with van der Waals surface area (Å²) in [7, 11) is 0. The van der Waals surface area contributed by atoms with Gasteiger partial charge in [0, 0.05) is 33.1 Å². The van der Waals surface area contributed by atoms with Gasteiger partial charge in [0.1, 0.15) is 0 Å². The first kappa shape index (κ1) is 13.0. The van der Waals surface area contributed by atoms with Crippen molar-refractivity contribution in [2.45, 2.75) is 27.2 Å². The number of carbonyl (C=O) groups is 1. The second kappa shape index (κ2) is 5.31. The first-order chi connectivity index (χ1) is 7.44. The molecule has 0 aromatic carbocycles. The van der Waals surface area contributed by atoms with E-state index in [-0.39, 0.29) is 11.3 Å². The highest BCUT2D eigenvalue weighted by Crippen LogP contribution is 2.19. The van der Waals surface area contributed by atoms with Crippen molar-refractivity contribution in [3.63, 3.8) is 0 Å². The Labute approximate surface area is 97.8 Å². The SMILES string of the molecule is CC(=O)N1CCN(CCC(C)(C)C#N)CC1. The summed E-state index contributed by atoms with van der Waals surface area (Å²) >= 11 is 0. The average Bonchev–Trinajstić information content (AvgIpc) is 2.27. The van der Waals surface area contributed by atoms with Crippen LogP contribution in [-0.4, -0.2) is 48.4 Å². The highest BCUT2D eigenvalue weighted by molar-refractivity contribution is 5.73. The van der Waals surface area contributed by atoms with Gasteiger partial charge in [0.25, 0.3) is 0 Å². The Hall–Kier alpha value is -1.08. The van der Waals surface area contributed by atoms with Gasteiger partial charge < -0.3 is 4.90 Å². The van der Waals surface area contributed by atoms with Gasteiger partial charge in [-0.3, -0.25) is 9.69 Å². The summed E-state index contributed by atoms with van der Waals surface area (Å²) in [4.78, 5) is 15.3. The van der Waals surface area contributed by atoms with Crippen molar-refractivity contribution in [1.82, 2.24) is 9.80 Å². The fourth-order valence-electron chi connectivity index (χ4n) is 1.78. The van der Waals surface area contributed by atoms with Crippen LogP contribution in [0.1, 0.15) is 27.2 Å². The van der Waals surface area contributed by atoms with Crippen LogP contribution >= 0.6 is 0 Å². The Morgan fingerprint density at radius 2 is 1.88 bits per heavy atom. The highest BCUT2D eigenvalue weighted by atomic mass is 16.2. The minimum Gasteiger partial charge on any atom is -0.340 e.